The van der Waals surface area contributed by atoms with Crippen molar-refractivity contribution in [2.45, 2.75) is 9.79 Å². The summed E-state index contributed by atoms with van der Waals surface area (Å²) in [4.78, 5) is 20.2. The van der Waals surface area contributed by atoms with Crippen molar-refractivity contribution in [3.63, 3.8) is 0 Å². The van der Waals surface area contributed by atoms with Gasteiger partial charge < -0.3 is 9.97 Å². The van der Waals surface area contributed by atoms with Crippen LogP contribution < -0.4 is 0 Å². The van der Waals surface area contributed by atoms with Gasteiger partial charge in [-0.05, 0) is 82.6 Å². The van der Waals surface area contributed by atoms with Gasteiger partial charge >= 0.3 is 0 Å². The van der Waals surface area contributed by atoms with Crippen LogP contribution >= 0.6 is 11.8 Å². The summed E-state index contributed by atoms with van der Waals surface area (Å²) in [7, 11) is 0. The van der Waals surface area contributed by atoms with E-state index in [1.807, 2.05) is 12.1 Å². The molecule has 0 spiro atoms. The van der Waals surface area contributed by atoms with Crippen molar-refractivity contribution in [1.82, 2.24) is 19.9 Å². The quantitative estimate of drug-likeness (QED) is 0.206. The fourth-order valence-corrected chi connectivity index (χ4v) is 7.53. The second kappa shape index (κ2) is 11.5. The van der Waals surface area contributed by atoms with Crippen LogP contribution in [-0.4, -0.2) is 19.9 Å². The van der Waals surface area contributed by atoms with Crippen LogP contribution in [0.15, 0.2) is 143 Å². The van der Waals surface area contributed by atoms with Gasteiger partial charge in [-0.2, -0.15) is 0 Å². The van der Waals surface area contributed by atoms with Crippen molar-refractivity contribution in [3.05, 3.63) is 156 Å². The predicted octanol–water partition coefficient (Wildman–Crippen LogP) is 11.3. The lowest BCUT2D eigenvalue weighted by molar-refractivity contribution is 1.18. The molecule has 0 saturated heterocycles. The Kier molecular flexibility index (Phi) is 6.69. The molecule has 4 aromatic carbocycles. The van der Waals surface area contributed by atoms with Crippen molar-refractivity contribution in [1.29, 1.82) is 0 Å². The van der Waals surface area contributed by atoms with Crippen molar-refractivity contribution >= 4 is 68.9 Å². The van der Waals surface area contributed by atoms with E-state index in [1.54, 1.807) is 11.8 Å². The molecule has 5 heteroatoms. The summed E-state index contributed by atoms with van der Waals surface area (Å²) in [6.45, 7) is 0. The average molecular weight is 621 g/mol. The summed E-state index contributed by atoms with van der Waals surface area (Å²) in [5.41, 5.74) is 12.0. The van der Waals surface area contributed by atoms with Gasteiger partial charge in [0.05, 0.1) is 27.7 Å². The van der Waals surface area contributed by atoms with Gasteiger partial charge in [0.2, 0.25) is 0 Å². The van der Waals surface area contributed by atoms with Crippen molar-refractivity contribution in [3.8, 4) is 22.3 Å². The molecule has 0 saturated carbocycles. The molecule has 0 aliphatic carbocycles. The van der Waals surface area contributed by atoms with E-state index < -0.39 is 0 Å². The van der Waals surface area contributed by atoms with E-state index in [9.17, 15) is 0 Å². The minimum atomic E-state index is 0.893. The number of hydrogen-bond acceptors (Lipinski definition) is 3. The molecule has 0 atom stereocenters. The van der Waals surface area contributed by atoms with Crippen molar-refractivity contribution < 1.29 is 0 Å². The molecular formula is C42H28N4S. The maximum atomic E-state index is 5.33. The molecule has 2 aliphatic rings. The molecule has 7 aromatic rings. The first-order valence-corrected chi connectivity index (χ1v) is 16.5. The summed E-state index contributed by atoms with van der Waals surface area (Å²) in [5, 5.41) is 2.42. The number of nitrogens with one attached hydrogen (secondary N) is 2. The normalized spacial score (nSPS) is 12.2. The number of hydrogen-bond donors (Lipinski definition) is 2. The Labute approximate surface area is 276 Å². The number of rotatable bonds is 4. The molecule has 0 unspecified atom stereocenters. The average Bonchev–Trinajstić information content (AvgIpc) is 3.95. The van der Waals surface area contributed by atoms with Crippen LogP contribution in [0.25, 0.3) is 79.4 Å². The van der Waals surface area contributed by atoms with Gasteiger partial charge in [0.15, 0.2) is 0 Å². The smallest absolute Gasteiger partial charge is 0.0799 e. The fourth-order valence-electron chi connectivity index (χ4n) is 6.43. The van der Waals surface area contributed by atoms with Gasteiger partial charge in [0.25, 0.3) is 0 Å². The molecule has 0 amide bonds. The minimum Gasteiger partial charge on any atom is -0.355 e. The molecule has 9 rings (SSSR count). The molecule has 5 heterocycles. The second-order valence-corrected chi connectivity index (χ2v) is 12.7. The zero-order chi connectivity index (χ0) is 31.2. The van der Waals surface area contributed by atoms with Crippen molar-refractivity contribution in [2.75, 3.05) is 0 Å². The van der Waals surface area contributed by atoms with Gasteiger partial charge in [-0.1, -0.05) is 109 Å². The zero-order valence-corrected chi connectivity index (χ0v) is 26.1. The number of fused-ring (bicyclic) bond motifs is 9. The van der Waals surface area contributed by atoms with Crippen LogP contribution in [0.3, 0.4) is 0 Å². The van der Waals surface area contributed by atoms with Crippen LogP contribution in [-0.2, 0) is 0 Å². The van der Waals surface area contributed by atoms with Crippen LogP contribution in [0.1, 0.15) is 22.8 Å². The van der Waals surface area contributed by atoms with E-state index in [2.05, 4.69) is 156 Å². The van der Waals surface area contributed by atoms with E-state index in [0.29, 0.717) is 0 Å². The summed E-state index contributed by atoms with van der Waals surface area (Å²) in [6.07, 6.45) is 8.53. The molecule has 222 valence electrons. The molecule has 8 bridgehead atoms. The summed E-state index contributed by atoms with van der Waals surface area (Å²) < 4.78 is 0. The Bertz CT molecular complexity index is 2400. The summed E-state index contributed by atoms with van der Waals surface area (Å²) in [5.74, 6) is 0. The zero-order valence-electron chi connectivity index (χ0n) is 25.3. The third kappa shape index (κ3) is 5.07. The van der Waals surface area contributed by atoms with E-state index >= 15 is 0 Å². The van der Waals surface area contributed by atoms with Gasteiger partial charge in [-0.25, -0.2) is 9.97 Å². The first-order chi connectivity index (χ1) is 23.3. The Balaban J connectivity index is 1.40. The third-order valence-electron chi connectivity index (χ3n) is 8.61. The number of benzene rings is 4. The highest BCUT2D eigenvalue weighted by Crippen LogP contribution is 2.40. The predicted molar refractivity (Wildman–Crippen MR) is 198 cm³/mol. The molecule has 3 aromatic heterocycles. The van der Waals surface area contributed by atoms with Gasteiger partial charge in [0, 0.05) is 38.1 Å². The topological polar surface area (TPSA) is 57.4 Å². The molecular weight excluding hydrogens is 593 g/mol. The molecule has 4 nitrogen and oxygen atoms in total. The third-order valence-corrected chi connectivity index (χ3v) is 9.81. The van der Waals surface area contributed by atoms with E-state index in [-0.39, 0.29) is 0 Å². The van der Waals surface area contributed by atoms with Crippen LogP contribution in [0.2, 0.25) is 0 Å². The van der Waals surface area contributed by atoms with E-state index in [1.165, 1.54) is 15.7 Å². The Morgan fingerprint density at radius 3 is 1.55 bits per heavy atom. The first kappa shape index (κ1) is 27.4. The Morgan fingerprint density at radius 1 is 0.447 bits per heavy atom. The standard InChI is InChI=1S/C42H28N4S/c1-3-11-28(12-4-1)40-33-20-18-30(43-33)26-31-19-21-34(44-31)41(29-13-5-2-6-14-29)36-23-25-38(46-36)42(37-24-22-35(40)45-37)47-39-17-9-15-27-10-7-8-16-32(27)39/h1-26,43-44H. The molecule has 47 heavy (non-hydrogen) atoms. The largest absolute Gasteiger partial charge is 0.355 e. The molecule has 0 radical (unpaired) electrons. The van der Waals surface area contributed by atoms with E-state index in [0.717, 1.165) is 72.0 Å². The molecule has 2 aliphatic heterocycles. The second-order valence-electron chi connectivity index (χ2n) is 11.6. The lowest BCUT2D eigenvalue weighted by Crippen LogP contribution is -1.90. The maximum Gasteiger partial charge on any atom is 0.0799 e. The van der Waals surface area contributed by atoms with Crippen molar-refractivity contribution in [2.24, 2.45) is 0 Å². The highest BCUT2D eigenvalue weighted by Gasteiger charge is 2.19. The lowest BCUT2D eigenvalue weighted by Gasteiger charge is -2.08. The Morgan fingerprint density at radius 2 is 0.957 bits per heavy atom. The summed E-state index contributed by atoms with van der Waals surface area (Å²) in [6, 6.07) is 46.7. The number of H-pyrrole nitrogens is 2. The van der Waals surface area contributed by atoms with Gasteiger partial charge in [0.1, 0.15) is 0 Å². The molecule has 0 fully saturated rings. The Hall–Kier alpha value is -5.91. The minimum absolute atomic E-state index is 0.893. The summed E-state index contributed by atoms with van der Waals surface area (Å²) >= 11 is 1.73. The van der Waals surface area contributed by atoms with E-state index in [4.69, 9.17) is 9.97 Å². The highest BCUT2D eigenvalue weighted by molar-refractivity contribution is 7.99. The SMILES string of the molecule is C1=Cc2nc1c(Sc1cccc3ccccc13)c1nc(c(-c3ccccc3)c3ccc(cc4ccc([nH]4)c2-c2ccccc2)[nH]3)C=C1. The van der Waals surface area contributed by atoms with Crippen LogP contribution in [0, 0.1) is 0 Å². The lowest BCUT2D eigenvalue weighted by atomic mass is 10.0. The van der Waals surface area contributed by atoms with Crippen LogP contribution in [0.4, 0.5) is 0 Å². The van der Waals surface area contributed by atoms with Gasteiger partial charge in [-0.15, -0.1) is 0 Å². The number of nitrogens with zero attached hydrogens (tertiary/aromatic N) is 2. The van der Waals surface area contributed by atoms with Gasteiger partial charge in [-0.3, -0.25) is 0 Å². The molecule has 2 N–H and O–H groups in total. The first-order valence-electron chi connectivity index (χ1n) is 15.7. The fraction of sp³-hybridized carbons (Fsp3) is 0. The monoisotopic (exact) mass is 620 g/mol. The number of aromatic amines is 2. The highest BCUT2D eigenvalue weighted by atomic mass is 32.2. The maximum absolute atomic E-state index is 5.33. The number of aromatic nitrogens is 4. The van der Waals surface area contributed by atoms with Crippen LogP contribution in [0.5, 0.6) is 0 Å².